The molecule has 2 aromatic carbocycles. The van der Waals surface area contributed by atoms with Crippen molar-refractivity contribution in [3.63, 3.8) is 0 Å². The molecule has 0 saturated heterocycles. The standard InChI is InChI=1S/C23H29NO4/c1-16(2)24(17(3)4)22(25)18(5)28-23(26)20-13-11-19(12-14-20)15-27-21-9-7-6-8-10-21/h6-14,16-18H,15H2,1-5H3. The number of carbonyl (C=O) groups is 2. The van der Waals surface area contributed by atoms with E-state index in [0.29, 0.717) is 12.2 Å². The minimum atomic E-state index is -0.835. The number of para-hydroxylation sites is 1. The Morgan fingerprint density at radius 1 is 0.857 bits per heavy atom. The Bertz CT molecular complexity index is 761. The maximum atomic E-state index is 12.6. The van der Waals surface area contributed by atoms with Crippen LogP contribution in [0, 0.1) is 0 Å². The molecule has 0 bridgehead atoms. The smallest absolute Gasteiger partial charge is 0.338 e. The van der Waals surface area contributed by atoms with Crippen LogP contribution >= 0.6 is 0 Å². The van der Waals surface area contributed by atoms with Gasteiger partial charge in [0.2, 0.25) is 0 Å². The van der Waals surface area contributed by atoms with E-state index < -0.39 is 12.1 Å². The normalized spacial score (nSPS) is 12.0. The van der Waals surface area contributed by atoms with Crippen LogP contribution in [0.3, 0.4) is 0 Å². The average molecular weight is 383 g/mol. The Kier molecular flexibility index (Phi) is 7.61. The molecule has 0 aromatic heterocycles. The number of carbonyl (C=O) groups excluding carboxylic acids is 2. The maximum absolute atomic E-state index is 12.6. The first-order valence-corrected chi connectivity index (χ1v) is 9.59. The lowest BCUT2D eigenvalue weighted by Gasteiger charge is -2.32. The molecule has 0 aliphatic carbocycles. The fraction of sp³-hybridized carbons (Fsp3) is 0.391. The zero-order chi connectivity index (χ0) is 20.7. The second-order valence-electron chi connectivity index (χ2n) is 7.28. The third-order valence-electron chi connectivity index (χ3n) is 4.34. The summed E-state index contributed by atoms with van der Waals surface area (Å²) in [4.78, 5) is 26.7. The van der Waals surface area contributed by atoms with E-state index in [9.17, 15) is 9.59 Å². The van der Waals surface area contributed by atoms with Crippen LogP contribution in [0.1, 0.15) is 50.5 Å². The zero-order valence-electron chi connectivity index (χ0n) is 17.2. The highest BCUT2D eigenvalue weighted by atomic mass is 16.5. The van der Waals surface area contributed by atoms with Crippen molar-refractivity contribution < 1.29 is 19.1 Å². The lowest BCUT2D eigenvalue weighted by molar-refractivity contribution is -0.143. The summed E-state index contributed by atoms with van der Waals surface area (Å²) < 4.78 is 11.1. The highest BCUT2D eigenvalue weighted by Gasteiger charge is 2.27. The third-order valence-corrected chi connectivity index (χ3v) is 4.34. The number of nitrogens with zero attached hydrogens (tertiary/aromatic N) is 1. The van der Waals surface area contributed by atoms with Crippen LogP contribution in [-0.4, -0.2) is 35.0 Å². The highest BCUT2D eigenvalue weighted by molar-refractivity contribution is 5.92. The minimum Gasteiger partial charge on any atom is -0.489 e. The van der Waals surface area contributed by atoms with Gasteiger partial charge < -0.3 is 14.4 Å². The number of benzene rings is 2. The molecular weight excluding hydrogens is 354 g/mol. The highest BCUT2D eigenvalue weighted by Crippen LogP contribution is 2.14. The van der Waals surface area contributed by atoms with Crippen LogP contribution in [0.4, 0.5) is 0 Å². The van der Waals surface area contributed by atoms with E-state index in [0.717, 1.165) is 11.3 Å². The predicted molar refractivity (Wildman–Crippen MR) is 109 cm³/mol. The molecule has 2 aromatic rings. The minimum absolute atomic E-state index is 0.0394. The van der Waals surface area contributed by atoms with Crippen LogP contribution in [0.2, 0.25) is 0 Å². The van der Waals surface area contributed by atoms with Crippen LogP contribution in [0.25, 0.3) is 0 Å². The van der Waals surface area contributed by atoms with Gasteiger partial charge in [0.1, 0.15) is 12.4 Å². The van der Waals surface area contributed by atoms with Crippen molar-refractivity contribution in [1.29, 1.82) is 0 Å². The molecule has 0 aliphatic rings. The molecule has 0 aliphatic heterocycles. The first-order valence-electron chi connectivity index (χ1n) is 9.59. The van der Waals surface area contributed by atoms with Gasteiger partial charge in [0.15, 0.2) is 6.10 Å². The monoisotopic (exact) mass is 383 g/mol. The molecular formula is C23H29NO4. The summed E-state index contributed by atoms with van der Waals surface area (Å²) in [5, 5.41) is 0. The number of amides is 1. The summed E-state index contributed by atoms with van der Waals surface area (Å²) in [5.41, 5.74) is 1.35. The fourth-order valence-corrected chi connectivity index (χ4v) is 3.01. The van der Waals surface area contributed by atoms with Crippen molar-refractivity contribution in [3.05, 3.63) is 65.7 Å². The van der Waals surface area contributed by atoms with Crippen LogP contribution < -0.4 is 4.74 Å². The molecule has 2 rings (SSSR count). The van der Waals surface area contributed by atoms with E-state index in [1.54, 1.807) is 24.0 Å². The summed E-state index contributed by atoms with van der Waals surface area (Å²) in [5.74, 6) is 0.0910. The zero-order valence-corrected chi connectivity index (χ0v) is 17.2. The summed E-state index contributed by atoms with van der Waals surface area (Å²) in [6, 6.07) is 16.6. The molecule has 0 radical (unpaired) electrons. The lowest BCUT2D eigenvalue weighted by atomic mass is 10.1. The van der Waals surface area contributed by atoms with Gasteiger partial charge in [-0.2, -0.15) is 0 Å². The molecule has 28 heavy (non-hydrogen) atoms. The largest absolute Gasteiger partial charge is 0.489 e. The van der Waals surface area contributed by atoms with Crippen molar-refractivity contribution in [2.75, 3.05) is 0 Å². The van der Waals surface area contributed by atoms with Gasteiger partial charge in [-0.05, 0) is 64.4 Å². The lowest BCUT2D eigenvalue weighted by Crippen LogP contribution is -2.47. The molecule has 1 atom stereocenters. The second kappa shape index (κ2) is 9.93. The van der Waals surface area contributed by atoms with Crippen molar-refractivity contribution in [2.45, 2.75) is 59.4 Å². The van der Waals surface area contributed by atoms with Gasteiger partial charge >= 0.3 is 5.97 Å². The van der Waals surface area contributed by atoms with Crippen molar-refractivity contribution in [2.24, 2.45) is 0 Å². The second-order valence-corrected chi connectivity index (χ2v) is 7.28. The molecule has 0 spiro atoms. The maximum Gasteiger partial charge on any atom is 0.338 e. The molecule has 0 N–H and O–H groups in total. The first kappa shape index (κ1) is 21.5. The van der Waals surface area contributed by atoms with Gasteiger partial charge in [0.05, 0.1) is 5.56 Å². The Hall–Kier alpha value is -2.82. The van der Waals surface area contributed by atoms with Gasteiger partial charge in [0.25, 0.3) is 5.91 Å². The van der Waals surface area contributed by atoms with E-state index in [4.69, 9.17) is 9.47 Å². The van der Waals surface area contributed by atoms with Crippen molar-refractivity contribution in [3.8, 4) is 5.75 Å². The van der Waals surface area contributed by atoms with E-state index >= 15 is 0 Å². The third kappa shape index (κ3) is 5.84. The molecule has 150 valence electrons. The van der Waals surface area contributed by atoms with E-state index in [1.807, 2.05) is 70.2 Å². The van der Waals surface area contributed by atoms with Gasteiger partial charge in [-0.15, -0.1) is 0 Å². The van der Waals surface area contributed by atoms with Gasteiger partial charge in [-0.3, -0.25) is 4.79 Å². The number of ether oxygens (including phenoxy) is 2. The van der Waals surface area contributed by atoms with E-state index in [2.05, 4.69) is 0 Å². The van der Waals surface area contributed by atoms with Crippen LogP contribution in [-0.2, 0) is 16.1 Å². The summed E-state index contributed by atoms with van der Waals surface area (Å²) in [6.45, 7) is 9.81. The van der Waals surface area contributed by atoms with E-state index in [-0.39, 0.29) is 18.0 Å². The SMILES string of the molecule is CC(OC(=O)c1ccc(COc2ccccc2)cc1)C(=O)N(C(C)C)C(C)C. The Balaban J connectivity index is 1.94. The summed E-state index contributed by atoms with van der Waals surface area (Å²) in [6.07, 6.45) is -0.835. The predicted octanol–water partition coefficient (Wildman–Crippen LogP) is 4.46. The Morgan fingerprint density at radius 3 is 1.96 bits per heavy atom. The average Bonchev–Trinajstić information content (AvgIpc) is 2.66. The van der Waals surface area contributed by atoms with Crippen LogP contribution in [0.15, 0.2) is 54.6 Å². The van der Waals surface area contributed by atoms with Gasteiger partial charge in [0, 0.05) is 12.1 Å². The molecule has 5 heteroatoms. The molecule has 0 saturated carbocycles. The Morgan fingerprint density at radius 2 is 1.43 bits per heavy atom. The molecule has 1 amide bonds. The molecule has 0 fully saturated rings. The fourth-order valence-electron chi connectivity index (χ4n) is 3.01. The number of esters is 1. The Labute approximate surface area is 167 Å². The molecule has 0 heterocycles. The number of hydrogen-bond acceptors (Lipinski definition) is 4. The molecule has 1 unspecified atom stereocenters. The molecule has 5 nitrogen and oxygen atoms in total. The number of rotatable bonds is 8. The summed E-state index contributed by atoms with van der Waals surface area (Å²) >= 11 is 0. The van der Waals surface area contributed by atoms with Gasteiger partial charge in [-0.25, -0.2) is 4.79 Å². The summed E-state index contributed by atoms with van der Waals surface area (Å²) in [7, 11) is 0. The van der Waals surface area contributed by atoms with Crippen molar-refractivity contribution >= 4 is 11.9 Å². The van der Waals surface area contributed by atoms with Crippen LogP contribution in [0.5, 0.6) is 5.75 Å². The van der Waals surface area contributed by atoms with Crippen molar-refractivity contribution in [1.82, 2.24) is 4.90 Å². The number of hydrogen-bond donors (Lipinski definition) is 0. The topological polar surface area (TPSA) is 55.8 Å². The first-order chi connectivity index (χ1) is 13.3. The van der Waals surface area contributed by atoms with Gasteiger partial charge in [-0.1, -0.05) is 30.3 Å². The van der Waals surface area contributed by atoms with E-state index in [1.165, 1.54) is 0 Å². The quantitative estimate of drug-likeness (QED) is 0.632.